The third-order valence-electron chi connectivity index (χ3n) is 3.37. The van der Waals surface area contributed by atoms with Crippen molar-refractivity contribution in [3.05, 3.63) is 65.2 Å². The van der Waals surface area contributed by atoms with Crippen LogP contribution in [0.25, 0.3) is 0 Å². The van der Waals surface area contributed by atoms with Crippen molar-refractivity contribution in [1.82, 2.24) is 0 Å². The van der Waals surface area contributed by atoms with Crippen LogP contribution in [-0.4, -0.2) is 13.0 Å². The Hall–Kier alpha value is -2.80. The fourth-order valence-corrected chi connectivity index (χ4v) is 2.25. The van der Waals surface area contributed by atoms with Crippen molar-refractivity contribution < 1.29 is 9.53 Å². The van der Waals surface area contributed by atoms with Crippen LogP contribution in [0.2, 0.25) is 0 Å². The van der Waals surface area contributed by atoms with Gasteiger partial charge in [0.05, 0.1) is 18.6 Å². The van der Waals surface area contributed by atoms with E-state index in [0.29, 0.717) is 17.7 Å². The molecule has 0 bridgehead atoms. The smallest absolute Gasteiger partial charge is 0.225 e. The summed E-state index contributed by atoms with van der Waals surface area (Å²) in [5, 5.41) is 9.00. The molecule has 0 fully saturated rings. The Kier molecular flexibility index (Phi) is 4.57. The lowest BCUT2D eigenvalue weighted by Crippen LogP contribution is -2.23. The van der Waals surface area contributed by atoms with Gasteiger partial charge in [0.1, 0.15) is 11.8 Å². The van der Waals surface area contributed by atoms with E-state index < -0.39 is 11.8 Å². The van der Waals surface area contributed by atoms with Gasteiger partial charge in [0.25, 0.3) is 0 Å². The lowest BCUT2D eigenvalue weighted by Gasteiger charge is -2.15. The van der Waals surface area contributed by atoms with Crippen LogP contribution >= 0.6 is 0 Å². The van der Waals surface area contributed by atoms with Crippen molar-refractivity contribution in [2.75, 3.05) is 7.11 Å². The van der Waals surface area contributed by atoms with Crippen molar-refractivity contribution in [1.29, 1.82) is 5.26 Å². The summed E-state index contributed by atoms with van der Waals surface area (Å²) in [6.07, 6.45) is 0.519. The summed E-state index contributed by atoms with van der Waals surface area (Å²) in [6, 6.07) is 16.8. The van der Waals surface area contributed by atoms with Gasteiger partial charge in [0.15, 0.2) is 0 Å². The molecule has 4 nitrogen and oxygen atoms in total. The SMILES string of the molecule is COc1cc(C(Cc2ccccc2)C(N)=O)ccc1C#N. The maximum absolute atomic E-state index is 11.8. The predicted molar refractivity (Wildman–Crippen MR) is 79.8 cm³/mol. The summed E-state index contributed by atoms with van der Waals surface area (Å²) >= 11 is 0. The molecule has 0 aromatic heterocycles. The van der Waals surface area contributed by atoms with Crippen molar-refractivity contribution in [2.45, 2.75) is 12.3 Å². The summed E-state index contributed by atoms with van der Waals surface area (Å²) in [7, 11) is 1.50. The Morgan fingerprint density at radius 1 is 1.29 bits per heavy atom. The van der Waals surface area contributed by atoms with Crippen LogP contribution in [0.3, 0.4) is 0 Å². The minimum Gasteiger partial charge on any atom is -0.495 e. The van der Waals surface area contributed by atoms with Crippen LogP contribution in [-0.2, 0) is 11.2 Å². The molecule has 2 N–H and O–H groups in total. The van der Waals surface area contributed by atoms with Gasteiger partial charge in [-0.2, -0.15) is 5.26 Å². The molecule has 4 heteroatoms. The van der Waals surface area contributed by atoms with Gasteiger partial charge < -0.3 is 10.5 Å². The van der Waals surface area contributed by atoms with Gasteiger partial charge in [-0.15, -0.1) is 0 Å². The van der Waals surface area contributed by atoms with Crippen LogP contribution in [0.5, 0.6) is 5.75 Å². The molecule has 0 aliphatic rings. The normalized spacial score (nSPS) is 11.4. The number of nitrogens with zero attached hydrogens (tertiary/aromatic N) is 1. The number of ether oxygens (including phenoxy) is 1. The number of amides is 1. The number of nitrogens with two attached hydrogens (primary N) is 1. The molecule has 106 valence electrons. The molecular formula is C17H16N2O2. The Balaban J connectivity index is 2.35. The van der Waals surface area contributed by atoms with Crippen LogP contribution in [0.15, 0.2) is 48.5 Å². The monoisotopic (exact) mass is 280 g/mol. The highest BCUT2D eigenvalue weighted by molar-refractivity contribution is 5.82. The molecule has 1 atom stereocenters. The molecule has 2 aromatic carbocycles. The third-order valence-corrected chi connectivity index (χ3v) is 3.37. The number of primary amides is 1. The second kappa shape index (κ2) is 6.58. The summed E-state index contributed by atoms with van der Waals surface area (Å²) in [4.78, 5) is 11.8. The van der Waals surface area contributed by atoms with E-state index in [0.717, 1.165) is 11.1 Å². The van der Waals surface area contributed by atoms with Gasteiger partial charge in [-0.05, 0) is 29.7 Å². The summed E-state index contributed by atoms with van der Waals surface area (Å²) in [6.45, 7) is 0. The minimum atomic E-state index is -0.450. The van der Waals surface area contributed by atoms with E-state index in [2.05, 4.69) is 6.07 Å². The average molecular weight is 280 g/mol. The molecule has 21 heavy (non-hydrogen) atoms. The topological polar surface area (TPSA) is 76.1 Å². The molecule has 0 saturated carbocycles. The van der Waals surface area contributed by atoms with Gasteiger partial charge in [-0.1, -0.05) is 36.4 Å². The summed E-state index contributed by atoms with van der Waals surface area (Å²) < 4.78 is 5.18. The van der Waals surface area contributed by atoms with Gasteiger partial charge in [-0.3, -0.25) is 4.79 Å². The van der Waals surface area contributed by atoms with Crippen molar-refractivity contribution in [3.8, 4) is 11.8 Å². The zero-order valence-corrected chi connectivity index (χ0v) is 11.7. The first-order valence-corrected chi connectivity index (χ1v) is 6.57. The van der Waals surface area contributed by atoms with Crippen LogP contribution in [0.1, 0.15) is 22.6 Å². The molecule has 1 amide bonds. The lowest BCUT2D eigenvalue weighted by atomic mass is 9.90. The number of benzene rings is 2. The van der Waals surface area contributed by atoms with Gasteiger partial charge in [-0.25, -0.2) is 0 Å². The largest absolute Gasteiger partial charge is 0.495 e. The zero-order valence-electron chi connectivity index (χ0n) is 11.7. The van der Waals surface area contributed by atoms with E-state index >= 15 is 0 Å². The van der Waals surface area contributed by atoms with E-state index in [1.807, 2.05) is 30.3 Å². The quantitative estimate of drug-likeness (QED) is 0.913. The highest BCUT2D eigenvalue weighted by Crippen LogP contribution is 2.27. The first-order chi connectivity index (χ1) is 10.2. The molecule has 2 aromatic rings. The first-order valence-electron chi connectivity index (χ1n) is 6.57. The average Bonchev–Trinajstić information content (AvgIpc) is 2.52. The van der Waals surface area contributed by atoms with Crippen molar-refractivity contribution in [3.63, 3.8) is 0 Å². The van der Waals surface area contributed by atoms with Crippen LogP contribution in [0, 0.1) is 11.3 Å². The molecule has 2 rings (SSSR count). The highest BCUT2D eigenvalue weighted by Gasteiger charge is 2.20. The summed E-state index contributed by atoms with van der Waals surface area (Å²) in [5.74, 6) is -0.394. The number of carbonyl (C=O) groups is 1. The third kappa shape index (κ3) is 3.40. The minimum absolute atomic E-state index is 0.398. The number of methoxy groups -OCH3 is 1. The Labute approximate surface area is 123 Å². The number of nitriles is 1. The fourth-order valence-electron chi connectivity index (χ4n) is 2.25. The van der Waals surface area contributed by atoms with Crippen LogP contribution < -0.4 is 10.5 Å². The van der Waals surface area contributed by atoms with E-state index in [4.69, 9.17) is 15.7 Å². The van der Waals surface area contributed by atoms with Gasteiger partial charge in [0.2, 0.25) is 5.91 Å². The standard InChI is InChI=1S/C17H16N2O2/c1-21-16-10-13(7-8-14(16)11-18)15(17(19)20)9-12-5-3-2-4-6-12/h2-8,10,15H,9H2,1H3,(H2,19,20). The Bertz CT molecular complexity index is 675. The highest BCUT2D eigenvalue weighted by atomic mass is 16.5. The number of hydrogen-bond acceptors (Lipinski definition) is 3. The molecule has 0 spiro atoms. The van der Waals surface area contributed by atoms with Gasteiger partial charge in [0, 0.05) is 0 Å². The zero-order chi connectivity index (χ0) is 15.2. The molecule has 1 unspecified atom stereocenters. The van der Waals surface area contributed by atoms with Gasteiger partial charge >= 0.3 is 0 Å². The molecule has 0 heterocycles. The second-order valence-corrected chi connectivity index (χ2v) is 4.72. The molecule has 0 saturated heterocycles. The molecular weight excluding hydrogens is 264 g/mol. The van der Waals surface area contributed by atoms with E-state index in [-0.39, 0.29) is 0 Å². The van der Waals surface area contributed by atoms with Crippen LogP contribution in [0.4, 0.5) is 0 Å². The fraction of sp³-hybridized carbons (Fsp3) is 0.176. The second-order valence-electron chi connectivity index (χ2n) is 4.72. The van der Waals surface area contributed by atoms with Crippen molar-refractivity contribution >= 4 is 5.91 Å². The van der Waals surface area contributed by atoms with E-state index in [1.165, 1.54) is 7.11 Å². The lowest BCUT2D eigenvalue weighted by molar-refractivity contribution is -0.119. The number of hydrogen-bond donors (Lipinski definition) is 1. The van der Waals surface area contributed by atoms with E-state index in [9.17, 15) is 4.79 Å². The Morgan fingerprint density at radius 3 is 2.57 bits per heavy atom. The molecule has 0 aliphatic carbocycles. The number of rotatable bonds is 5. The maximum atomic E-state index is 11.8. The maximum Gasteiger partial charge on any atom is 0.225 e. The van der Waals surface area contributed by atoms with E-state index in [1.54, 1.807) is 18.2 Å². The Morgan fingerprint density at radius 2 is 2.00 bits per heavy atom. The van der Waals surface area contributed by atoms with Crippen molar-refractivity contribution in [2.24, 2.45) is 5.73 Å². The first kappa shape index (κ1) is 14.6. The summed E-state index contributed by atoms with van der Waals surface area (Å²) in [5.41, 5.74) is 7.75. The number of carbonyl (C=O) groups excluding carboxylic acids is 1. The predicted octanol–water partition coefficient (Wildman–Crippen LogP) is 2.38. The molecule has 0 aliphatic heterocycles. The molecule has 0 radical (unpaired) electrons.